The molecular weight excluding hydrogens is 332 g/mol. The molecule has 1 N–H and O–H groups in total. The molecule has 2 aromatic rings. The number of benzene rings is 2. The smallest absolute Gasteiger partial charge is 0.129 e. The molecule has 0 aliphatic carbocycles. The van der Waals surface area contributed by atoms with Crippen LogP contribution in [-0.4, -0.2) is 18.3 Å². The number of ether oxygens (including phenoxy) is 2. The third-order valence-electron chi connectivity index (χ3n) is 3.56. The van der Waals surface area contributed by atoms with E-state index in [9.17, 15) is 0 Å². The van der Waals surface area contributed by atoms with Crippen LogP contribution in [0.4, 0.5) is 0 Å². The zero-order valence-electron chi connectivity index (χ0n) is 11.6. The lowest BCUT2D eigenvalue weighted by molar-refractivity contribution is 0.278. The van der Waals surface area contributed by atoms with Gasteiger partial charge in [0, 0.05) is 23.1 Å². The Morgan fingerprint density at radius 1 is 1.19 bits per heavy atom. The Hall–Kier alpha value is -1.52. The van der Waals surface area contributed by atoms with Gasteiger partial charge < -0.3 is 14.6 Å². The zero-order valence-corrected chi connectivity index (χ0v) is 13.2. The van der Waals surface area contributed by atoms with E-state index in [4.69, 9.17) is 14.6 Å². The lowest BCUT2D eigenvalue weighted by Crippen LogP contribution is -2.02. The highest BCUT2D eigenvalue weighted by Gasteiger charge is 2.18. The van der Waals surface area contributed by atoms with Crippen molar-refractivity contribution in [3.63, 3.8) is 0 Å². The average Bonchev–Trinajstić information content (AvgIpc) is 2.94. The summed E-state index contributed by atoms with van der Waals surface area (Å²) in [6.45, 7) is 1.32. The summed E-state index contributed by atoms with van der Waals surface area (Å²) in [6.07, 6.45) is 1.55. The third kappa shape index (κ3) is 3.22. The van der Waals surface area contributed by atoms with Gasteiger partial charge in [-0.1, -0.05) is 34.1 Å². The Balaban J connectivity index is 1.80. The molecule has 0 unspecified atom stereocenters. The molecule has 3 rings (SSSR count). The molecule has 0 amide bonds. The molecule has 1 aliphatic heterocycles. The van der Waals surface area contributed by atoms with Gasteiger partial charge in [0.25, 0.3) is 0 Å². The van der Waals surface area contributed by atoms with Crippen molar-refractivity contribution in [2.75, 3.05) is 13.2 Å². The van der Waals surface area contributed by atoms with Gasteiger partial charge in [-0.05, 0) is 35.7 Å². The maximum Gasteiger partial charge on any atom is 0.129 e. The summed E-state index contributed by atoms with van der Waals surface area (Å²) in [4.78, 5) is 0. The summed E-state index contributed by atoms with van der Waals surface area (Å²) >= 11 is 3.54. The fourth-order valence-corrected chi connectivity index (χ4v) is 3.13. The summed E-state index contributed by atoms with van der Waals surface area (Å²) in [5.74, 6) is 1.77. The van der Waals surface area contributed by atoms with E-state index in [1.807, 2.05) is 30.3 Å². The fourth-order valence-electron chi connectivity index (χ4n) is 2.58. The third-order valence-corrected chi connectivity index (χ3v) is 4.02. The number of hydrogen-bond acceptors (Lipinski definition) is 3. The molecule has 21 heavy (non-hydrogen) atoms. The first-order chi connectivity index (χ1) is 10.3. The molecule has 110 valence electrons. The van der Waals surface area contributed by atoms with Crippen LogP contribution in [0.2, 0.25) is 0 Å². The molecule has 0 aromatic heterocycles. The van der Waals surface area contributed by atoms with Crippen molar-refractivity contribution in [1.82, 2.24) is 0 Å². The molecule has 0 saturated carbocycles. The first-order valence-electron chi connectivity index (χ1n) is 7.03. The molecule has 0 bridgehead atoms. The Kier molecular flexibility index (Phi) is 4.46. The molecule has 4 heteroatoms. The maximum atomic E-state index is 9.11. The second-order valence-electron chi connectivity index (χ2n) is 5.02. The number of aliphatic hydroxyl groups is 1. The lowest BCUT2D eigenvalue weighted by atomic mass is 10.1. The largest absolute Gasteiger partial charge is 0.493 e. The molecule has 0 saturated heterocycles. The number of halogens is 1. The van der Waals surface area contributed by atoms with Crippen molar-refractivity contribution in [3.05, 3.63) is 57.6 Å². The van der Waals surface area contributed by atoms with Crippen LogP contribution in [0.25, 0.3) is 0 Å². The standard InChI is InChI=1S/C17H17BrO3/c18-15-9-13-6-8-20-17(13)14(10-15)11-21-16-4-2-1-3-12(16)5-7-19/h1-4,9-10,19H,5-8,11H2. The van der Waals surface area contributed by atoms with Gasteiger partial charge in [0.2, 0.25) is 0 Å². The summed E-state index contributed by atoms with van der Waals surface area (Å²) < 4.78 is 12.7. The van der Waals surface area contributed by atoms with Crippen LogP contribution in [0.15, 0.2) is 40.9 Å². The van der Waals surface area contributed by atoms with Crippen molar-refractivity contribution in [2.24, 2.45) is 0 Å². The SMILES string of the molecule is OCCc1ccccc1OCc1cc(Br)cc2c1OCC2. The van der Waals surface area contributed by atoms with Gasteiger partial charge in [-0.3, -0.25) is 0 Å². The molecular formula is C17H17BrO3. The predicted molar refractivity (Wildman–Crippen MR) is 84.9 cm³/mol. The van der Waals surface area contributed by atoms with Crippen molar-refractivity contribution in [2.45, 2.75) is 19.4 Å². The van der Waals surface area contributed by atoms with E-state index in [0.717, 1.165) is 40.1 Å². The van der Waals surface area contributed by atoms with Crippen LogP contribution < -0.4 is 9.47 Å². The van der Waals surface area contributed by atoms with E-state index in [1.165, 1.54) is 5.56 Å². The molecule has 0 spiro atoms. The topological polar surface area (TPSA) is 38.7 Å². The Morgan fingerprint density at radius 3 is 2.90 bits per heavy atom. The van der Waals surface area contributed by atoms with Crippen LogP contribution in [0.5, 0.6) is 11.5 Å². The summed E-state index contributed by atoms with van der Waals surface area (Å²) in [6, 6.07) is 12.0. The number of aliphatic hydroxyl groups excluding tert-OH is 1. The summed E-state index contributed by atoms with van der Waals surface area (Å²) in [5, 5.41) is 9.11. The highest BCUT2D eigenvalue weighted by molar-refractivity contribution is 9.10. The van der Waals surface area contributed by atoms with E-state index in [-0.39, 0.29) is 6.61 Å². The number of rotatable bonds is 5. The lowest BCUT2D eigenvalue weighted by Gasteiger charge is -2.13. The quantitative estimate of drug-likeness (QED) is 0.898. The first-order valence-corrected chi connectivity index (χ1v) is 7.83. The van der Waals surface area contributed by atoms with Gasteiger partial charge in [0.05, 0.1) is 6.61 Å². The van der Waals surface area contributed by atoms with Crippen molar-refractivity contribution < 1.29 is 14.6 Å². The highest BCUT2D eigenvalue weighted by Crippen LogP contribution is 2.34. The first kappa shape index (κ1) is 14.4. The predicted octanol–water partition coefficient (Wildman–Crippen LogP) is 3.50. The van der Waals surface area contributed by atoms with E-state index in [2.05, 4.69) is 22.0 Å². The normalized spacial score (nSPS) is 12.9. The summed E-state index contributed by atoms with van der Waals surface area (Å²) in [5.41, 5.74) is 3.30. The highest BCUT2D eigenvalue weighted by atomic mass is 79.9. The number of hydrogen-bond donors (Lipinski definition) is 1. The van der Waals surface area contributed by atoms with E-state index in [1.54, 1.807) is 0 Å². The monoisotopic (exact) mass is 348 g/mol. The van der Waals surface area contributed by atoms with Crippen molar-refractivity contribution >= 4 is 15.9 Å². The van der Waals surface area contributed by atoms with Crippen LogP contribution in [0.3, 0.4) is 0 Å². The maximum absolute atomic E-state index is 9.11. The molecule has 2 aromatic carbocycles. The van der Waals surface area contributed by atoms with Gasteiger partial charge in [-0.15, -0.1) is 0 Å². The van der Waals surface area contributed by atoms with Gasteiger partial charge >= 0.3 is 0 Å². The Labute approximate surface area is 132 Å². The molecule has 0 radical (unpaired) electrons. The van der Waals surface area contributed by atoms with Crippen molar-refractivity contribution in [3.8, 4) is 11.5 Å². The zero-order chi connectivity index (χ0) is 14.7. The minimum atomic E-state index is 0.121. The van der Waals surface area contributed by atoms with E-state index in [0.29, 0.717) is 13.0 Å². The molecule has 0 atom stereocenters. The van der Waals surface area contributed by atoms with Gasteiger partial charge in [-0.2, -0.15) is 0 Å². The minimum absolute atomic E-state index is 0.121. The van der Waals surface area contributed by atoms with E-state index >= 15 is 0 Å². The van der Waals surface area contributed by atoms with Crippen molar-refractivity contribution in [1.29, 1.82) is 0 Å². The van der Waals surface area contributed by atoms with E-state index < -0.39 is 0 Å². The second-order valence-corrected chi connectivity index (χ2v) is 5.94. The van der Waals surface area contributed by atoms with Gasteiger partial charge in [-0.25, -0.2) is 0 Å². The molecule has 1 aliphatic rings. The molecule has 0 fully saturated rings. The Morgan fingerprint density at radius 2 is 2.05 bits per heavy atom. The van der Waals surface area contributed by atoms with Crippen LogP contribution in [-0.2, 0) is 19.4 Å². The van der Waals surface area contributed by atoms with Gasteiger partial charge in [0.15, 0.2) is 0 Å². The second kappa shape index (κ2) is 6.50. The average molecular weight is 349 g/mol. The molecule has 3 nitrogen and oxygen atoms in total. The van der Waals surface area contributed by atoms with Gasteiger partial charge in [0.1, 0.15) is 18.1 Å². The van der Waals surface area contributed by atoms with Crippen LogP contribution >= 0.6 is 15.9 Å². The van der Waals surface area contributed by atoms with Crippen LogP contribution in [0, 0.1) is 0 Å². The fraction of sp³-hybridized carbons (Fsp3) is 0.294. The number of fused-ring (bicyclic) bond motifs is 1. The van der Waals surface area contributed by atoms with Crippen LogP contribution in [0.1, 0.15) is 16.7 Å². The summed E-state index contributed by atoms with van der Waals surface area (Å²) in [7, 11) is 0. The molecule has 1 heterocycles. The minimum Gasteiger partial charge on any atom is -0.493 e. The number of para-hydroxylation sites is 1. The Bertz CT molecular complexity index is 640.